The smallest absolute Gasteiger partial charge is 0.330 e. The zero-order valence-electron chi connectivity index (χ0n) is 13.6. The van der Waals surface area contributed by atoms with Crippen molar-refractivity contribution in [3.05, 3.63) is 60.7 Å². The molecule has 0 N–H and O–H groups in total. The number of hydrogen-bond donors (Lipinski definition) is 0. The van der Waals surface area contributed by atoms with Gasteiger partial charge >= 0.3 is 11.9 Å². The lowest BCUT2D eigenvalue weighted by molar-refractivity contribution is -0.138. The van der Waals surface area contributed by atoms with Gasteiger partial charge in [-0.3, -0.25) is 0 Å². The second-order valence-electron chi connectivity index (χ2n) is 4.66. The van der Waals surface area contributed by atoms with E-state index >= 15 is 0 Å². The van der Waals surface area contributed by atoms with Crippen molar-refractivity contribution in [2.24, 2.45) is 0 Å². The summed E-state index contributed by atoms with van der Waals surface area (Å²) in [6, 6.07) is 8.43. The minimum atomic E-state index is -0.378. The molecule has 0 fully saturated rings. The lowest BCUT2D eigenvalue weighted by atomic mass is 10.2. The molecule has 0 saturated heterocycles. The highest BCUT2D eigenvalue weighted by Crippen LogP contribution is 2.16. The van der Waals surface area contributed by atoms with Gasteiger partial charge in [0.25, 0.3) is 0 Å². The van der Waals surface area contributed by atoms with Gasteiger partial charge in [0.1, 0.15) is 13.2 Å². The fourth-order valence-corrected chi connectivity index (χ4v) is 3.18. The molecule has 0 heterocycles. The van der Waals surface area contributed by atoms with E-state index in [4.69, 9.17) is 9.47 Å². The first-order valence-corrected chi connectivity index (χ1v) is 9.78. The quantitative estimate of drug-likeness (QED) is 0.320. The Morgan fingerprint density at radius 3 is 1.54 bits per heavy atom. The molecule has 0 aliphatic carbocycles. The highest BCUT2D eigenvalue weighted by molar-refractivity contribution is 7.98. The summed E-state index contributed by atoms with van der Waals surface area (Å²) in [4.78, 5) is 21.8. The fraction of sp³-hybridized carbons (Fsp3) is 0.333. The summed E-state index contributed by atoms with van der Waals surface area (Å²) >= 11 is 3.44. The third kappa shape index (κ3) is 9.47. The van der Waals surface area contributed by atoms with Gasteiger partial charge in [-0.2, -0.15) is 23.5 Å². The number of carbonyl (C=O) groups excluding carboxylic acids is 2. The van der Waals surface area contributed by atoms with Crippen LogP contribution in [-0.4, -0.2) is 36.7 Å². The molecular weight excluding hydrogens is 344 g/mol. The summed E-state index contributed by atoms with van der Waals surface area (Å²) in [7, 11) is 0. The summed E-state index contributed by atoms with van der Waals surface area (Å²) in [5.74, 6) is 2.54. The zero-order chi connectivity index (χ0) is 17.6. The minimum Gasteiger partial charge on any atom is -0.462 e. The van der Waals surface area contributed by atoms with Crippen molar-refractivity contribution < 1.29 is 19.1 Å². The van der Waals surface area contributed by atoms with Gasteiger partial charge in [-0.15, -0.1) is 0 Å². The van der Waals surface area contributed by atoms with Gasteiger partial charge in [0.15, 0.2) is 0 Å². The van der Waals surface area contributed by atoms with Crippen molar-refractivity contribution in [2.45, 2.75) is 11.5 Å². The fourth-order valence-electron chi connectivity index (χ4n) is 1.63. The van der Waals surface area contributed by atoms with Crippen LogP contribution in [0.5, 0.6) is 0 Å². The van der Waals surface area contributed by atoms with Crippen LogP contribution in [0.2, 0.25) is 0 Å². The van der Waals surface area contributed by atoms with Gasteiger partial charge in [0, 0.05) is 35.2 Å². The van der Waals surface area contributed by atoms with Crippen molar-refractivity contribution in [1.29, 1.82) is 0 Å². The van der Waals surface area contributed by atoms with Gasteiger partial charge in [-0.25, -0.2) is 9.59 Å². The molecule has 6 heteroatoms. The van der Waals surface area contributed by atoms with Crippen LogP contribution in [0.4, 0.5) is 0 Å². The van der Waals surface area contributed by atoms with Gasteiger partial charge in [-0.1, -0.05) is 37.4 Å². The Hall–Kier alpha value is -1.66. The topological polar surface area (TPSA) is 52.6 Å². The molecule has 0 aromatic heterocycles. The normalized spacial score (nSPS) is 10.0. The van der Waals surface area contributed by atoms with Crippen LogP contribution in [0.25, 0.3) is 0 Å². The molecule has 0 spiro atoms. The predicted octanol–water partition coefficient (Wildman–Crippen LogP) is 3.61. The maximum Gasteiger partial charge on any atom is 0.330 e. The molecule has 0 bridgehead atoms. The van der Waals surface area contributed by atoms with Gasteiger partial charge in [0.05, 0.1) is 0 Å². The summed E-state index contributed by atoms with van der Waals surface area (Å²) in [6.07, 6.45) is 2.34. The Morgan fingerprint density at radius 1 is 0.833 bits per heavy atom. The van der Waals surface area contributed by atoms with E-state index in [0.29, 0.717) is 13.2 Å². The molecule has 1 aromatic rings. The van der Waals surface area contributed by atoms with Gasteiger partial charge in [-0.05, 0) is 11.1 Å². The number of ether oxygens (including phenoxy) is 2. The van der Waals surface area contributed by atoms with Crippen LogP contribution in [-0.2, 0) is 30.6 Å². The standard InChI is InChI=1S/C18H22O4S2/c1-3-17(19)21-9-11-23-13-15-5-7-16(8-6-15)14-24-12-10-22-18(20)4-2/h3-8H,1-2,9-14H2. The summed E-state index contributed by atoms with van der Waals surface area (Å²) < 4.78 is 9.83. The second-order valence-corrected chi connectivity index (χ2v) is 6.88. The van der Waals surface area contributed by atoms with Crippen LogP contribution >= 0.6 is 23.5 Å². The van der Waals surface area contributed by atoms with E-state index in [0.717, 1.165) is 23.0 Å². The van der Waals surface area contributed by atoms with E-state index in [2.05, 4.69) is 37.4 Å². The number of esters is 2. The van der Waals surface area contributed by atoms with Crippen LogP contribution in [0.15, 0.2) is 49.6 Å². The average molecular weight is 367 g/mol. The van der Waals surface area contributed by atoms with E-state index in [-0.39, 0.29) is 11.9 Å². The van der Waals surface area contributed by atoms with E-state index < -0.39 is 0 Å². The first-order chi connectivity index (χ1) is 11.7. The summed E-state index contributed by atoms with van der Waals surface area (Å²) in [6.45, 7) is 7.51. The first-order valence-electron chi connectivity index (χ1n) is 7.47. The summed E-state index contributed by atoms with van der Waals surface area (Å²) in [5.41, 5.74) is 2.48. The second kappa shape index (κ2) is 12.7. The van der Waals surface area contributed by atoms with Crippen molar-refractivity contribution in [3.8, 4) is 0 Å². The number of rotatable bonds is 12. The van der Waals surface area contributed by atoms with Gasteiger partial charge in [0.2, 0.25) is 0 Å². The largest absolute Gasteiger partial charge is 0.462 e. The molecule has 0 saturated carbocycles. The third-order valence-electron chi connectivity index (χ3n) is 2.84. The van der Waals surface area contributed by atoms with E-state index in [1.54, 1.807) is 23.5 Å². The third-order valence-corrected chi connectivity index (χ3v) is 4.82. The van der Waals surface area contributed by atoms with Gasteiger partial charge < -0.3 is 9.47 Å². The predicted molar refractivity (Wildman–Crippen MR) is 101 cm³/mol. The van der Waals surface area contributed by atoms with Crippen molar-refractivity contribution in [3.63, 3.8) is 0 Å². The lowest BCUT2D eigenvalue weighted by Crippen LogP contribution is -2.03. The summed E-state index contributed by atoms with van der Waals surface area (Å²) in [5, 5.41) is 0. The first kappa shape index (κ1) is 20.4. The molecule has 4 nitrogen and oxygen atoms in total. The molecule has 1 rings (SSSR count). The maximum absolute atomic E-state index is 10.9. The molecule has 24 heavy (non-hydrogen) atoms. The molecule has 0 amide bonds. The molecule has 0 unspecified atom stereocenters. The molecular formula is C18H22O4S2. The minimum absolute atomic E-state index is 0.378. The number of benzene rings is 1. The average Bonchev–Trinajstić information content (AvgIpc) is 2.61. The van der Waals surface area contributed by atoms with Crippen LogP contribution in [0, 0.1) is 0 Å². The van der Waals surface area contributed by atoms with Crippen molar-refractivity contribution in [1.82, 2.24) is 0 Å². The molecule has 0 radical (unpaired) electrons. The van der Waals surface area contributed by atoms with Crippen LogP contribution in [0.1, 0.15) is 11.1 Å². The Morgan fingerprint density at radius 2 is 1.21 bits per heavy atom. The maximum atomic E-state index is 10.9. The number of hydrogen-bond acceptors (Lipinski definition) is 6. The Kier molecular flexibility index (Phi) is 10.8. The van der Waals surface area contributed by atoms with E-state index in [1.807, 2.05) is 0 Å². The number of carbonyl (C=O) groups is 2. The Balaban J connectivity index is 2.14. The SMILES string of the molecule is C=CC(=O)OCCSCc1ccc(CSCCOC(=O)C=C)cc1. The molecule has 130 valence electrons. The molecule has 0 atom stereocenters. The Labute approximate surface area is 151 Å². The zero-order valence-corrected chi connectivity index (χ0v) is 15.2. The van der Waals surface area contributed by atoms with Crippen molar-refractivity contribution >= 4 is 35.5 Å². The monoisotopic (exact) mass is 366 g/mol. The van der Waals surface area contributed by atoms with Crippen LogP contribution in [0.3, 0.4) is 0 Å². The van der Waals surface area contributed by atoms with Crippen molar-refractivity contribution in [2.75, 3.05) is 24.7 Å². The highest BCUT2D eigenvalue weighted by Gasteiger charge is 1.99. The molecule has 0 aliphatic heterocycles. The number of thioether (sulfide) groups is 2. The van der Waals surface area contributed by atoms with Crippen LogP contribution < -0.4 is 0 Å². The lowest BCUT2D eigenvalue weighted by Gasteiger charge is -2.05. The molecule has 0 aliphatic rings. The highest BCUT2D eigenvalue weighted by atomic mass is 32.2. The molecule has 1 aromatic carbocycles. The van der Waals surface area contributed by atoms with E-state index in [9.17, 15) is 9.59 Å². The Bertz CT molecular complexity index is 491. The van der Waals surface area contributed by atoms with E-state index in [1.165, 1.54) is 23.3 Å².